The zero-order valence-electron chi connectivity index (χ0n) is 17.6. The van der Waals surface area contributed by atoms with E-state index in [9.17, 15) is 13.2 Å². The second kappa shape index (κ2) is 8.51. The van der Waals surface area contributed by atoms with Crippen LogP contribution in [0.2, 0.25) is 0 Å². The fraction of sp³-hybridized carbons (Fsp3) is 0.545. The Hall–Kier alpha value is -2.19. The van der Waals surface area contributed by atoms with Crippen LogP contribution in [0.25, 0.3) is 4.91 Å². The van der Waals surface area contributed by atoms with Gasteiger partial charge in [0, 0.05) is 38.4 Å². The number of hydrogen-bond acceptors (Lipinski definition) is 5. The number of nitrogens with zero attached hydrogens (tertiary/aromatic N) is 3. The molecule has 0 bridgehead atoms. The van der Waals surface area contributed by atoms with Gasteiger partial charge in [0.1, 0.15) is 10.7 Å². The molecule has 4 rings (SSSR count). The maximum atomic E-state index is 12.9. The van der Waals surface area contributed by atoms with Crippen LogP contribution in [0, 0.1) is 5.92 Å². The van der Waals surface area contributed by atoms with E-state index in [1.54, 1.807) is 0 Å². The minimum absolute atomic E-state index is 0.0416. The summed E-state index contributed by atoms with van der Waals surface area (Å²) in [5, 5.41) is 0. The van der Waals surface area contributed by atoms with Crippen molar-refractivity contribution >= 4 is 26.7 Å². The molecule has 8 heteroatoms. The van der Waals surface area contributed by atoms with E-state index in [0.29, 0.717) is 61.3 Å². The molecule has 7 nitrogen and oxygen atoms in total. The van der Waals surface area contributed by atoms with E-state index in [1.165, 1.54) is 5.56 Å². The van der Waals surface area contributed by atoms with Crippen LogP contribution in [-0.2, 0) is 26.0 Å². The van der Waals surface area contributed by atoms with Gasteiger partial charge in [0.15, 0.2) is 0 Å². The number of sulfonamides is 1. The van der Waals surface area contributed by atoms with Crippen LogP contribution >= 0.6 is 0 Å². The lowest BCUT2D eigenvalue weighted by Crippen LogP contribution is -2.40. The third-order valence-corrected chi connectivity index (χ3v) is 7.62. The number of ether oxygens (including phenoxy) is 1. The summed E-state index contributed by atoms with van der Waals surface area (Å²) in [4.78, 5) is 16.9. The first-order chi connectivity index (χ1) is 14.4. The van der Waals surface area contributed by atoms with Crippen molar-refractivity contribution in [2.75, 3.05) is 39.4 Å². The number of hydrogen-bond donors (Lipinski definition) is 0. The summed E-state index contributed by atoms with van der Waals surface area (Å²) < 4.78 is 35.2. The Balaban J connectivity index is 1.53. The number of benzene rings is 1. The normalized spacial score (nSPS) is 24.2. The molecular weight excluding hydrogens is 402 g/mol. The van der Waals surface area contributed by atoms with Gasteiger partial charge in [0.25, 0.3) is 10.0 Å². The van der Waals surface area contributed by atoms with Crippen LogP contribution in [0.4, 0.5) is 0 Å². The van der Waals surface area contributed by atoms with Gasteiger partial charge in [-0.2, -0.15) is 8.42 Å². The van der Waals surface area contributed by atoms with E-state index in [0.717, 1.165) is 19.3 Å². The average Bonchev–Trinajstić information content (AvgIpc) is 3.26. The van der Waals surface area contributed by atoms with Gasteiger partial charge >= 0.3 is 0 Å². The van der Waals surface area contributed by atoms with Crippen molar-refractivity contribution in [3.63, 3.8) is 0 Å². The molecule has 1 aromatic rings. The molecule has 1 atom stereocenters. The Morgan fingerprint density at radius 1 is 1.17 bits per heavy atom. The third-order valence-electron chi connectivity index (χ3n) is 6.15. The molecule has 1 aromatic carbocycles. The van der Waals surface area contributed by atoms with Gasteiger partial charge in [0.05, 0.1) is 12.5 Å². The van der Waals surface area contributed by atoms with Crippen molar-refractivity contribution in [2.24, 2.45) is 10.3 Å². The van der Waals surface area contributed by atoms with Gasteiger partial charge < -0.3 is 14.5 Å². The lowest BCUT2D eigenvalue weighted by molar-refractivity contribution is -0.135. The Kier molecular flexibility index (Phi) is 5.97. The summed E-state index contributed by atoms with van der Waals surface area (Å²) in [5.41, 5.74) is 2.53. The fourth-order valence-electron chi connectivity index (χ4n) is 4.41. The molecule has 3 heterocycles. The summed E-state index contributed by atoms with van der Waals surface area (Å²) in [6.45, 7) is 7.56. The summed E-state index contributed by atoms with van der Waals surface area (Å²) in [5.74, 6) is 0.627. The Morgan fingerprint density at radius 2 is 1.93 bits per heavy atom. The first kappa shape index (κ1) is 21.1. The molecule has 2 fully saturated rings. The molecule has 0 saturated carbocycles. The number of amidine groups is 1. The van der Waals surface area contributed by atoms with E-state index >= 15 is 0 Å². The van der Waals surface area contributed by atoms with Crippen LogP contribution in [0.15, 0.2) is 34.2 Å². The van der Waals surface area contributed by atoms with E-state index in [4.69, 9.17) is 4.74 Å². The molecule has 3 aliphatic rings. The van der Waals surface area contributed by atoms with Gasteiger partial charge in [0.2, 0.25) is 5.91 Å². The van der Waals surface area contributed by atoms with Crippen molar-refractivity contribution in [2.45, 2.75) is 33.1 Å². The molecule has 0 radical (unpaired) electrons. The molecule has 0 aromatic heterocycles. The second-order valence-corrected chi connectivity index (χ2v) is 9.66. The lowest BCUT2D eigenvalue weighted by atomic mass is 10.1. The van der Waals surface area contributed by atoms with Crippen LogP contribution in [0.1, 0.15) is 37.8 Å². The van der Waals surface area contributed by atoms with Crippen molar-refractivity contribution in [1.29, 1.82) is 0 Å². The molecule has 1 unspecified atom stereocenters. The maximum Gasteiger partial charge on any atom is 0.285 e. The summed E-state index contributed by atoms with van der Waals surface area (Å²) in [6.07, 6.45) is 2.47. The predicted octanol–water partition coefficient (Wildman–Crippen LogP) is 2.29. The molecule has 0 N–H and O–H groups in total. The topological polar surface area (TPSA) is 79.3 Å². The molecule has 3 aliphatic heterocycles. The first-order valence-electron chi connectivity index (χ1n) is 10.7. The standard InChI is InChI=1S/C22H29N3O4S/c1-3-17-5-7-18(8-6-17)20-16(2)21(23-30(20,27)28)24-10-4-11-25(13-12-24)22(26)19-9-14-29-15-19/h5-8,19H,3-4,9-15H2,1-2H3. The largest absolute Gasteiger partial charge is 0.381 e. The highest BCUT2D eigenvalue weighted by Crippen LogP contribution is 2.34. The molecule has 30 heavy (non-hydrogen) atoms. The lowest BCUT2D eigenvalue weighted by Gasteiger charge is -2.25. The van der Waals surface area contributed by atoms with E-state index in [1.807, 2.05) is 41.0 Å². The molecule has 0 spiro atoms. The number of carbonyl (C=O) groups is 1. The van der Waals surface area contributed by atoms with Gasteiger partial charge in [-0.05, 0) is 37.3 Å². The van der Waals surface area contributed by atoms with Crippen molar-refractivity contribution < 1.29 is 17.9 Å². The van der Waals surface area contributed by atoms with E-state index in [2.05, 4.69) is 11.3 Å². The third kappa shape index (κ3) is 4.03. The number of aryl methyl sites for hydroxylation is 1. The van der Waals surface area contributed by atoms with Gasteiger partial charge in [-0.25, -0.2) is 0 Å². The molecular formula is C22H29N3O4S. The smallest absolute Gasteiger partial charge is 0.285 e. The van der Waals surface area contributed by atoms with Crippen LogP contribution in [0.5, 0.6) is 0 Å². The SMILES string of the molecule is CCc1ccc(C2=C(C)C(N3CCCN(C(=O)C4CCOC4)CC3)=NS2(=O)=O)cc1. The number of carbonyl (C=O) groups excluding carboxylic acids is 1. The zero-order valence-corrected chi connectivity index (χ0v) is 18.5. The van der Waals surface area contributed by atoms with Crippen molar-refractivity contribution in [3.8, 4) is 0 Å². The number of amides is 1. The predicted molar refractivity (Wildman–Crippen MR) is 116 cm³/mol. The molecule has 2 saturated heterocycles. The second-order valence-electron chi connectivity index (χ2n) is 8.12. The highest BCUT2D eigenvalue weighted by molar-refractivity contribution is 8.00. The van der Waals surface area contributed by atoms with Crippen LogP contribution < -0.4 is 0 Å². The fourth-order valence-corrected chi connectivity index (χ4v) is 5.90. The Labute approximate surface area is 178 Å². The zero-order chi connectivity index (χ0) is 21.3. The molecule has 1 amide bonds. The van der Waals surface area contributed by atoms with Crippen molar-refractivity contribution in [3.05, 3.63) is 41.0 Å². The minimum atomic E-state index is -3.73. The number of rotatable bonds is 3. The first-order valence-corrected chi connectivity index (χ1v) is 12.1. The highest BCUT2D eigenvalue weighted by Gasteiger charge is 2.35. The minimum Gasteiger partial charge on any atom is -0.381 e. The van der Waals surface area contributed by atoms with Crippen LogP contribution in [-0.4, -0.2) is 69.4 Å². The van der Waals surface area contributed by atoms with E-state index < -0.39 is 10.0 Å². The molecule has 0 aliphatic carbocycles. The summed E-state index contributed by atoms with van der Waals surface area (Å²) in [6, 6.07) is 7.65. The maximum absolute atomic E-state index is 12.9. The van der Waals surface area contributed by atoms with Gasteiger partial charge in [-0.15, -0.1) is 4.40 Å². The van der Waals surface area contributed by atoms with Crippen LogP contribution in [0.3, 0.4) is 0 Å². The summed E-state index contributed by atoms with van der Waals surface area (Å²) in [7, 11) is -3.73. The Morgan fingerprint density at radius 3 is 2.60 bits per heavy atom. The van der Waals surface area contributed by atoms with E-state index in [-0.39, 0.29) is 11.8 Å². The quantitative estimate of drug-likeness (QED) is 0.734. The summed E-state index contributed by atoms with van der Waals surface area (Å²) >= 11 is 0. The Bertz CT molecular complexity index is 976. The van der Waals surface area contributed by atoms with Gasteiger partial charge in [-0.3, -0.25) is 4.79 Å². The average molecular weight is 432 g/mol. The monoisotopic (exact) mass is 431 g/mol. The van der Waals surface area contributed by atoms with Crippen molar-refractivity contribution in [1.82, 2.24) is 9.80 Å². The molecule has 162 valence electrons. The highest BCUT2D eigenvalue weighted by atomic mass is 32.2. The van der Waals surface area contributed by atoms with Gasteiger partial charge in [-0.1, -0.05) is 31.2 Å².